The molecule has 0 spiro atoms. The van der Waals surface area contributed by atoms with Crippen LogP contribution in [0.3, 0.4) is 0 Å². The summed E-state index contributed by atoms with van der Waals surface area (Å²) in [6.45, 7) is 10.9. The zero-order valence-electron chi connectivity index (χ0n) is 18.0. The minimum Gasteiger partial charge on any atom is -0.467 e. The summed E-state index contributed by atoms with van der Waals surface area (Å²) in [6, 6.07) is 11.9. The smallest absolute Gasteiger partial charge is 0.231 e. The van der Waals surface area contributed by atoms with E-state index in [2.05, 4.69) is 65.5 Å². The third-order valence-electron chi connectivity index (χ3n) is 4.97. The van der Waals surface area contributed by atoms with Crippen LogP contribution in [-0.4, -0.2) is 39.5 Å². The minimum absolute atomic E-state index is 0.0697. The minimum atomic E-state index is -0.169. The van der Waals surface area contributed by atoms with Gasteiger partial charge >= 0.3 is 0 Å². The van der Waals surface area contributed by atoms with Crippen LogP contribution in [0.25, 0.3) is 11.4 Å². The molecule has 1 aromatic carbocycles. The maximum Gasteiger partial charge on any atom is 0.231 e. The number of hydrogen-bond donors (Lipinski definition) is 1. The summed E-state index contributed by atoms with van der Waals surface area (Å²) in [5.41, 5.74) is 2.21. The van der Waals surface area contributed by atoms with E-state index in [-0.39, 0.29) is 17.7 Å². The Kier molecular flexibility index (Phi) is 7.57. The molecule has 0 radical (unpaired) electrons. The SMILES string of the molecule is CCN(CC)c1ccc(-c2nnc(SCC(=O)NC(C)c3ccco3)n2CC)cc1. The van der Waals surface area contributed by atoms with Crippen molar-refractivity contribution < 1.29 is 9.21 Å². The Hall–Kier alpha value is -2.74. The number of rotatable bonds is 10. The highest BCUT2D eigenvalue weighted by Crippen LogP contribution is 2.26. The number of carbonyl (C=O) groups is 1. The number of amides is 1. The van der Waals surface area contributed by atoms with Crippen LogP contribution in [-0.2, 0) is 11.3 Å². The normalized spacial score (nSPS) is 12.0. The summed E-state index contributed by atoms with van der Waals surface area (Å²) in [4.78, 5) is 14.6. The van der Waals surface area contributed by atoms with Gasteiger partial charge in [0.1, 0.15) is 5.76 Å². The van der Waals surface area contributed by atoms with E-state index in [1.165, 1.54) is 17.4 Å². The summed E-state index contributed by atoms with van der Waals surface area (Å²) >= 11 is 1.39. The molecule has 0 aliphatic heterocycles. The highest BCUT2D eigenvalue weighted by molar-refractivity contribution is 7.99. The van der Waals surface area contributed by atoms with E-state index >= 15 is 0 Å². The van der Waals surface area contributed by atoms with Gasteiger partial charge in [-0.1, -0.05) is 11.8 Å². The number of aromatic nitrogens is 3. The van der Waals surface area contributed by atoms with Crippen molar-refractivity contribution in [2.24, 2.45) is 0 Å². The first-order chi connectivity index (χ1) is 14.6. The van der Waals surface area contributed by atoms with E-state index < -0.39 is 0 Å². The second kappa shape index (κ2) is 10.3. The van der Waals surface area contributed by atoms with Gasteiger partial charge in [-0.3, -0.25) is 4.79 Å². The van der Waals surface area contributed by atoms with Crippen molar-refractivity contribution >= 4 is 23.4 Å². The van der Waals surface area contributed by atoms with Crippen LogP contribution in [0.1, 0.15) is 39.5 Å². The monoisotopic (exact) mass is 427 g/mol. The van der Waals surface area contributed by atoms with Gasteiger partial charge in [0.25, 0.3) is 0 Å². The highest BCUT2D eigenvalue weighted by atomic mass is 32.2. The fourth-order valence-corrected chi connectivity index (χ4v) is 4.14. The molecular formula is C22H29N5O2S. The summed E-state index contributed by atoms with van der Waals surface area (Å²) in [7, 11) is 0. The van der Waals surface area contributed by atoms with E-state index in [4.69, 9.17) is 4.42 Å². The molecule has 0 aliphatic carbocycles. The molecule has 1 atom stereocenters. The molecule has 0 aliphatic rings. The summed E-state index contributed by atoms with van der Waals surface area (Å²) in [5.74, 6) is 1.75. The van der Waals surface area contributed by atoms with E-state index in [1.54, 1.807) is 6.26 Å². The van der Waals surface area contributed by atoms with Gasteiger partial charge in [0.2, 0.25) is 5.91 Å². The van der Waals surface area contributed by atoms with Gasteiger partial charge in [0.05, 0.1) is 18.1 Å². The second-order valence-electron chi connectivity index (χ2n) is 6.86. The van der Waals surface area contributed by atoms with Crippen molar-refractivity contribution in [2.75, 3.05) is 23.7 Å². The molecule has 1 amide bonds. The summed E-state index contributed by atoms with van der Waals surface area (Å²) < 4.78 is 7.38. The molecule has 160 valence electrons. The zero-order valence-corrected chi connectivity index (χ0v) is 18.8. The maximum absolute atomic E-state index is 12.3. The fourth-order valence-electron chi connectivity index (χ4n) is 3.33. The van der Waals surface area contributed by atoms with E-state index in [0.29, 0.717) is 0 Å². The largest absolute Gasteiger partial charge is 0.467 e. The Morgan fingerprint density at radius 1 is 1.17 bits per heavy atom. The predicted molar refractivity (Wildman–Crippen MR) is 121 cm³/mol. The van der Waals surface area contributed by atoms with Crippen molar-refractivity contribution in [1.82, 2.24) is 20.1 Å². The molecule has 2 heterocycles. The van der Waals surface area contributed by atoms with Gasteiger partial charge in [0, 0.05) is 30.9 Å². The van der Waals surface area contributed by atoms with Crippen LogP contribution in [0.4, 0.5) is 5.69 Å². The van der Waals surface area contributed by atoms with Crippen LogP contribution in [0, 0.1) is 0 Å². The van der Waals surface area contributed by atoms with Crippen molar-refractivity contribution in [3.8, 4) is 11.4 Å². The second-order valence-corrected chi connectivity index (χ2v) is 7.81. The van der Waals surface area contributed by atoms with E-state index in [9.17, 15) is 4.79 Å². The van der Waals surface area contributed by atoms with Crippen molar-refractivity contribution in [2.45, 2.75) is 45.4 Å². The number of hydrogen-bond acceptors (Lipinski definition) is 6. The molecule has 0 fully saturated rings. The number of nitrogens with zero attached hydrogens (tertiary/aromatic N) is 4. The molecule has 0 saturated heterocycles. The average Bonchev–Trinajstić information content (AvgIpc) is 3.43. The van der Waals surface area contributed by atoms with Gasteiger partial charge in [-0.15, -0.1) is 10.2 Å². The van der Waals surface area contributed by atoms with E-state index in [0.717, 1.165) is 41.9 Å². The van der Waals surface area contributed by atoms with Crippen LogP contribution in [0.15, 0.2) is 52.2 Å². The number of thioether (sulfide) groups is 1. The molecule has 1 unspecified atom stereocenters. The summed E-state index contributed by atoms with van der Waals surface area (Å²) in [5, 5.41) is 12.4. The first kappa shape index (κ1) is 22.0. The summed E-state index contributed by atoms with van der Waals surface area (Å²) in [6.07, 6.45) is 1.60. The van der Waals surface area contributed by atoms with Gasteiger partial charge < -0.3 is 19.2 Å². The number of nitrogens with one attached hydrogen (secondary N) is 1. The molecule has 1 N–H and O–H groups in total. The van der Waals surface area contributed by atoms with Gasteiger partial charge in [-0.2, -0.15) is 0 Å². The van der Waals surface area contributed by atoms with E-state index in [1.807, 2.05) is 23.6 Å². The van der Waals surface area contributed by atoms with Crippen molar-refractivity contribution in [3.05, 3.63) is 48.4 Å². The molecule has 0 saturated carbocycles. The number of anilines is 1. The number of carbonyl (C=O) groups excluding carboxylic acids is 1. The Morgan fingerprint density at radius 2 is 1.90 bits per heavy atom. The van der Waals surface area contributed by atoms with Gasteiger partial charge in [0.15, 0.2) is 11.0 Å². The van der Waals surface area contributed by atoms with Crippen LogP contribution < -0.4 is 10.2 Å². The molecule has 3 aromatic rings. The lowest BCUT2D eigenvalue weighted by Gasteiger charge is -2.21. The number of furan rings is 1. The van der Waals surface area contributed by atoms with Crippen molar-refractivity contribution in [1.29, 1.82) is 0 Å². The third kappa shape index (κ3) is 5.05. The Bertz CT molecular complexity index is 933. The molecule has 7 nitrogen and oxygen atoms in total. The first-order valence-corrected chi connectivity index (χ1v) is 11.3. The standard InChI is InChI=1S/C22H29N5O2S/c1-5-26(6-2)18-12-10-17(11-13-18)21-24-25-22(27(21)7-3)30-15-20(28)23-16(4)19-9-8-14-29-19/h8-14,16H,5-7,15H2,1-4H3,(H,23,28). The van der Waals surface area contributed by atoms with Crippen molar-refractivity contribution in [3.63, 3.8) is 0 Å². The molecule has 2 aromatic heterocycles. The predicted octanol–water partition coefficient (Wildman–Crippen LogP) is 4.37. The Morgan fingerprint density at radius 3 is 2.50 bits per heavy atom. The lowest BCUT2D eigenvalue weighted by molar-refractivity contribution is -0.119. The molecule has 8 heteroatoms. The van der Waals surface area contributed by atoms with Gasteiger partial charge in [-0.25, -0.2) is 0 Å². The Balaban J connectivity index is 1.66. The Labute approximate surface area is 181 Å². The third-order valence-corrected chi connectivity index (χ3v) is 5.93. The first-order valence-electron chi connectivity index (χ1n) is 10.3. The lowest BCUT2D eigenvalue weighted by atomic mass is 10.2. The molecular weight excluding hydrogens is 398 g/mol. The maximum atomic E-state index is 12.3. The lowest BCUT2D eigenvalue weighted by Crippen LogP contribution is -2.28. The van der Waals surface area contributed by atoms with Crippen LogP contribution in [0.5, 0.6) is 0 Å². The average molecular weight is 428 g/mol. The highest BCUT2D eigenvalue weighted by Gasteiger charge is 2.17. The quantitative estimate of drug-likeness (QED) is 0.484. The molecule has 30 heavy (non-hydrogen) atoms. The molecule has 3 rings (SSSR count). The topological polar surface area (TPSA) is 76.2 Å². The molecule has 0 bridgehead atoms. The fraction of sp³-hybridized carbons (Fsp3) is 0.409. The van der Waals surface area contributed by atoms with Crippen LogP contribution in [0.2, 0.25) is 0 Å². The van der Waals surface area contributed by atoms with Gasteiger partial charge in [-0.05, 0) is 64.1 Å². The van der Waals surface area contributed by atoms with Crippen LogP contribution >= 0.6 is 11.8 Å². The number of benzene rings is 1. The zero-order chi connectivity index (χ0) is 21.5.